The molecule has 0 radical (unpaired) electrons. The van der Waals surface area contributed by atoms with E-state index in [4.69, 9.17) is 11.0 Å². The van der Waals surface area contributed by atoms with Crippen molar-refractivity contribution in [1.82, 2.24) is 9.55 Å². The van der Waals surface area contributed by atoms with Crippen LogP contribution in [0.2, 0.25) is 0 Å². The van der Waals surface area contributed by atoms with Crippen molar-refractivity contribution in [3.05, 3.63) is 20.8 Å². The number of H-pyrrole nitrogens is 1. The van der Waals surface area contributed by atoms with Crippen LogP contribution in [0.1, 0.15) is 26.7 Å². The SMILES string of the molecule is CCCCn1c(N)c(N(CC)C(=O)CSCC#N)c(=O)[nH]c1=O. The van der Waals surface area contributed by atoms with Crippen molar-refractivity contribution in [2.75, 3.05) is 28.7 Å². The highest BCUT2D eigenvalue weighted by Gasteiger charge is 2.22. The van der Waals surface area contributed by atoms with Gasteiger partial charge in [-0.2, -0.15) is 5.26 Å². The molecule has 126 valence electrons. The van der Waals surface area contributed by atoms with Gasteiger partial charge in [-0.3, -0.25) is 19.1 Å². The molecule has 0 saturated carbocycles. The number of hydrogen-bond donors (Lipinski definition) is 2. The summed E-state index contributed by atoms with van der Waals surface area (Å²) in [6, 6.07) is 1.94. The van der Waals surface area contributed by atoms with Gasteiger partial charge in [0.25, 0.3) is 5.56 Å². The lowest BCUT2D eigenvalue weighted by Gasteiger charge is -2.22. The molecule has 0 aliphatic rings. The molecular formula is C14H21N5O3S. The Morgan fingerprint density at radius 3 is 2.70 bits per heavy atom. The first-order valence-electron chi connectivity index (χ1n) is 7.35. The first-order valence-corrected chi connectivity index (χ1v) is 8.50. The Morgan fingerprint density at radius 2 is 2.13 bits per heavy atom. The standard InChI is InChI=1S/C14H21N5O3S/c1-3-5-7-19-12(16)11(13(21)17-14(19)22)18(4-2)10(20)9-23-8-6-15/h3-5,7-9,16H2,1-2H3,(H,17,21,22). The number of nitrogen functional groups attached to an aromatic ring is 1. The van der Waals surface area contributed by atoms with Crippen LogP contribution in [0, 0.1) is 11.3 Å². The molecule has 1 amide bonds. The van der Waals surface area contributed by atoms with Gasteiger partial charge in [0.15, 0.2) is 5.69 Å². The number of carbonyl (C=O) groups is 1. The number of unbranched alkanes of at least 4 members (excludes halogenated alkanes) is 1. The predicted octanol–water partition coefficient (Wildman–Crippen LogP) is 0.529. The molecule has 1 rings (SSSR count). The highest BCUT2D eigenvalue weighted by Crippen LogP contribution is 2.18. The average Bonchev–Trinajstić information content (AvgIpc) is 2.51. The molecule has 1 aromatic heterocycles. The van der Waals surface area contributed by atoms with Gasteiger partial charge in [-0.05, 0) is 13.3 Å². The van der Waals surface area contributed by atoms with Crippen LogP contribution < -0.4 is 21.9 Å². The van der Waals surface area contributed by atoms with Crippen molar-refractivity contribution in [3.63, 3.8) is 0 Å². The van der Waals surface area contributed by atoms with Crippen LogP contribution in [0.25, 0.3) is 0 Å². The molecule has 0 unspecified atom stereocenters. The molecule has 0 spiro atoms. The Balaban J connectivity index is 3.22. The van der Waals surface area contributed by atoms with E-state index >= 15 is 0 Å². The highest BCUT2D eigenvalue weighted by molar-refractivity contribution is 8.00. The van der Waals surface area contributed by atoms with Crippen molar-refractivity contribution in [3.8, 4) is 6.07 Å². The van der Waals surface area contributed by atoms with Crippen LogP contribution in [-0.4, -0.2) is 33.5 Å². The monoisotopic (exact) mass is 339 g/mol. The lowest BCUT2D eigenvalue weighted by Crippen LogP contribution is -2.41. The fraction of sp³-hybridized carbons (Fsp3) is 0.571. The van der Waals surface area contributed by atoms with Crippen molar-refractivity contribution in [2.45, 2.75) is 33.2 Å². The number of anilines is 2. The van der Waals surface area contributed by atoms with Gasteiger partial charge in [0.1, 0.15) is 5.82 Å². The predicted molar refractivity (Wildman–Crippen MR) is 91.6 cm³/mol. The summed E-state index contributed by atoms with van der Waals surface area (Å²) in [4.78, 5) is 39.7. The number of hydrogen-bond acceptors (Lipinski definition) is 6. The lowest BCUT2D eigenvalue weighted by atomic mass is 10.3. The zero-order chi connectivity index (χ0) is 17.4. The van der Waals surface area contributed by atoms with Crippen LogP contribution in [0.3, 0.4) is 0 Å². The maximum Gasteiger partial charge on any atom is 0.330 e. The van der Waals surface area contributed by atoms with Crippen LogP contribution >= 0.6 is 11.8 Å². The van der Waals surface area contributed by atoms with E-state index in [-0.39, 0.29) is 35.5 Å². The highest BCUT2D eigenvalue weighted by atomic mass is 32.2. The summed E-state index contributed by atoms with van der Waals surface area (Å²) in [7, 11) is 0. The van der Waals surface area contributed by atoms with Gasteiger partial charge in [-0.1, -0.05) is 13.3 Å². The van der Waals surface area contributed by atoms with Crippen LogP contribution in [0.5, 0.6) is 0 Å². The Morgan fingerprint density at radius 1 is 1.43 bits per heavy atom. The number of nitrogens with two attached hydrogens (primary N) is 1. The van der Waals surface area contributed by atoms with Crippen LogP contribution in [0.4, 0.5) is 11.5 Å². The molecule has 0 fully saturated rings. The lowest BCUT2D eigenvalue weighted by molar-refractivity contribution is -0.116. The van der Waals surface area contributed by atoms with Crippen LogP contribution in [-0.2, 0) is 11.3 Å². The third-order valence-corrected chi connectivity index (χ3v) is 4.01. The van der Waals surface area contributed by atoms with Crippen molar-refractivity contribution >= 4 is 29.2 Å². The third kappa shape index (κ3) is 4.63. The molecule has 9 heteroatoms. The topological polar surface area (TPSA) is 125 Å². The molecule has 8 nitrogen and oxygen atoms in total. The smallest absolute Gasteiger partial charge is 0.330 e. The zero-order valence-electron chi connectivity index (χ0n) is 13.3. The second-order valence-electron chi connectivity index (χ2n) is 4.79. The molecule has 23 heavy (non-hydrogen) atoms. The number of nitrogens with one attached hydrogen (secondary N) is 1. The molecular weight excluding hydrogens is 318 g/mol. The summed E-state index contributed by atoms with van der Waals surface area (Å²) < 4.78 is 1.28. The van der Waals surface area contributed by atoms with E-state index in [1.807, 2.05) is 13.0 Å². The van der Waals surface area contributed by atoms with Gasteiger partial charge in [0.2, 0.25) is 5.91 Å². The summed E-state index contributed by atoms with van der Waals surface area (Å²) in [5, 5.41) is 8.52. The van der Waals surface area contributed by atoms with E-state index in [1.54, 1.807) is 6.92 Å². The molecule has 1 heterocycles. The maximum atomic E-state index is 12.3. The number of amides is 1. The molecule has 3 N–H and O–H groups in total. The minimum atomic E-state index is -0.680. The Hall–Kier alpha value is -2.21. The fourth-order valence-electron chi connectivity index (χ4n) is 2.10. The van der Waals surface area contributed by atoms with Gasteiger partial charge in [-0.25, -0.2) is 4.79 Å². The first kappa shape index (κ1) is 18.8. The molecule has 0 aliphatic heterocycles. The Labute approximate surface area is 138 Å². The number of aromatic amines is 1. The average molecular weight is 339 g/mol. The van der Waals surface area contributed by atoms with Gasteiger partial charge in [0, 0.05) is 13.1 Å². The number of nitrogens with zero attached hydrogens (tertiary/aromatic N) is 3. The second kappa shape index (κ2) is 9.05. The van der Waals surface area contributed by atoms with Gasteiger partial charge in [0.05, 0.1) is 17.6 Å². The molecule has 0 atom stereocenters. The molecule has 0 saturated heterocycles. The summed E-state index contributed by atoms with van der Waals surface area (Å²) >= 11 is 1.16. The van der Waals surface area contributed by atoms with Crippen molar-refractivity contribution in [1.29, 1.82) is 5.26 Å². The van der Waals surface area contributed by atoms with Gasteiger partial charge < -0.3 is 10.6 Å². The zero-order valence-corrected chi connectivity index (χ0v) is 14.1. The van der Waals surface area contributed by atoms with E-state index < -0.39 is 11.2 Å². The number of nitriles is 1. The Kier molecular flexibility index (Phi) is 7.41. The Bertz CT molecular complexity index is 704. The number of rotatable bonds is 8. The van der Waals surface area contributed by atoms with E-state index in [0.717, 1.165) is 24.6 Å². The number of aromatic nitrogens is 2. The van der Waals surface area contributed by atoms with Crippen molar-refractivity contribution in [2.24, 2.45) is 0 Å². The minimum Gasteiger partial charge on any atom is -0.383 e. The van der Waals surface area contributed by atoms with E-state index in [2.05, 4.69) is 4.98 Å². The molecule has 1 aromatic rings. The van der Waals surface area contributed by atoms with Crippen LogP contribution in [0.15, 0.2) is 9.59 Å². The summed E-state index contributed by atoms with van der Waals surface area (Å²) in [5.41, 5.74) is 4.72. The molecule has 0 aliphatic carbocycles. The number of carbonyl (C=O) groups excluding carboxylic acids is 1. The normalized spacial score (nSPS) is 10.3. The second-order valence-corrected chi connectivity index (χ2v) is 5.77. The van der Waals surface area contributed by atoms with E-state index in [0.29, 0.717) is 6.54 Å². The minimum absolute atomic E-state index is 0.00677. The fourth-order valence-corrected chi connectivity index (χ4v) is 2.62. The summed E-state index contributed by atoms with van der Waals surface area (Å²) in [6.07, 6.45) is 1.59. The molecule has 0 aromatic carbocycles. The van der Waals surface area contributed by atoms with Crippen molar-refractivity contribution < 1.29 is 4.79 Å². The largest absolute Gasteiger partial charge is 0.383 e. The maximum absolute atomic E-state index is 12.3. The van der Waals surface area contributed by atoms with Gasteiger partial charge >= 0.3 is 5.69 Å². The van der Waals surface area contributed by atoms with E-state index in [1.165, 1.54) is 9.47 Å². The quantitative estimate of drug-likeness (QED) is 0.666. The summed E-state index contributed by atoms with van der Waals surface area (Å²) in [6.45, 7) is 4.31. The summed E-state index contributed by atoms with van der Waals surface area (Å²) in [5.74, 6) is -0.0854. The van der Waals surface area contributed by atoms with E-state index in [9.17, 15) is 14.4 Å². The first-order chi connectivity index (χ1) is 11.0. The molecule has 0 bridgehead atoms. The number of thioether (sulfide) groups is 1. The third-order valence-electron chi connectivity index (χ3n) is 3.23. The van der Waals surface area contributed by atoms with Gasteiger partial charge in [-0.15, -0.1) is 11.8 Å².